The Morgan fingerprint density at radius 3 is 2.44 bits per heavy atom. The largest absolute Gasteiger partial charge is 0.313 e. The SMILES string of the molecule is CCCNC(CC)CN(CC)CC1CCC1. The van der Waals surface area contributed by atoms with Crippen LogP contribution in [0.25, 0.3) is 0 Å². The molecule has 0 aliphatic heterocycles. The zero-order valence-electron chi connectivity index (χ0n) is 11.5. The number of hydrogen-bond acceptors (Lipinski definition) is 2. The summed E-state index contributed by atoms with van der Waals surface area (Å²) in [6.45, 7) is 11.8. The summed E-state index contributed by atoms with van der Waals surface area (Å²) in [6, 6.07) is 0.694. The minimum atomic E-state index is 0.694. The first-order valence-corrected chi connectivity index (χ1v) is 7.25. The summed E-state index contributed by atoms with van der Waals surface area (Å²) in [5.74, 6) is 1.00. The van der Waals surface area contributed by atoms with Gasteiger partial charge in [-0.3, -0.25) is 0 Å². The van der Waals surface area contributed by atoms with Crippen molar-refractivity contribution in [2.75, 3.05) is 26.2 Å². The van der Waals surface area contributed by atoms with E-state index >= 15 is 0 Å². The monoisotopic (exact) mass is 226 g/mol. The molecule has 1 aliphatic rings. The van der Waals surface area contributed by atoms with Crippen LogP contribution in [0.15, 0.2) is 0 Å². The molecule has 2 nitrogen and oxygen atoms in total. The molecule has 0 amide bonds. The van der Waals surface area contributed by atoms with Gasteiger partial charge in [-0.15, -0.1) is 0 Å². The second kappa shape index (κ2) is 8.08. The molecule has 0 saturated heterocycles. The van der Waals surface area contributed by atoms with Crippen LogP contribution < -0.4 is 5.32 Å². The van der Waals surface area contributed by atoms with E-state index in [1.54, 1.807) is 0 Å². The molecule has 0 radical (unpaired) electrons. The smallest absolute Gasteiger partial charge is 0.0192 e. The van der Waals surface area contributed by atoms with Gasteiger partial charge in [0.15, 0.2) is 0 Å². The Labute approximate surface area is 102 Å². The van der Waals surface area contributed by atoms with Crippen molar-refractivity contribution in [3.8, 4) is 0 Å². The fraction of sp³-hybridized carbons (Fsp3) is 1.00. The molecule has 1 rings (SSSR count). The molecular weight excluding hydrogens is 196 g/mol. The summed E-state index contributed by atoms with van der Waals surface area (Å²) in [7, 11) is 0. The van der Waals surface area contributed by atoms with Gasteiger partial charge in [-0.25, -0.2) is 0 Å². The maximum atomic E-state index is 3.65. The highest BCUT2D eigenvalue weighted by atomic mass is 15.1. The van der Waals surface area contributed by atoms with Crippen LogP contribution >= 0.6 is 0 Å². The maximum Gasteiger partial charge on any atom is 0.0192 e. The number of nitrogens with one attached hydrogen (secondary N) is 1. The molecule has 0 spiro atoms. The molecule has 1 aliphatic carbocycles. The van der Waals surface area contributed by atoms with E-state index in [0.29, 0.717) is 6.04 Å². The number of nitrogens with zero attached hydrogens (tertiary/aromatic N) is 1. The standard InChI is InChI=1S/C14H30N2/c1-4-10-15-14(5-2)12-16(6-3)11-13-8-7-9-13/h13-15H,4-12H2,1-3H3. The van der Waals surface area contributed by atoms with Gasteiger partial charge in [0.2, 0.25) is 0 Å². The van der Waals surface area contributed by atoms with Crippen LogP contribution in [0.1, 0.15) is 52.9 Å². The molecule has 1 fully saturated rings. The Kier molecular flexibility index (Phi) is 7.06. The van der Waals surface area contributed by atoms with E-state index in [1.165, 1.54) is 58.3 Å². The van der Waals surface area contributed by atoms with Gasteiger partial charge in [0.05, 0.1) is 0 Å². The average molecular weight is 226 g/mol. The molecule has 0 aromatic rings. The lowest BCUT2D eigenvalue weighted by Gasteiger charge is -2.33. The minimum absolute atomic E-state index is 0.694. The van der Waals surface area contributed by atoms with Gasteiger partial charge in [0, 0.05) is 19.1 Å². The van der Waals surface area contributed by atoms with Gasteiger partial charge >= 0.3 is 0 Å². The summed E-state index contributed by atoms with van der Waals surface area (Å²) in [5, 5.41) is 3.65. The van der Waals surface area contributed by atoms with Crippen LogP contribution in [-0.4, -0.2) is 37.1 Å². The normalized spacial score (nSPS) is 18.8. The van der Waals surface area contributed by atoms with E-state index < -0.39 is 0 Å². The van der Waals surface area contributed by atoms with Crippen molar-refractivity contribution in [3.63, 3.8) is 0 Å². The Balaban J connectivity index is 2.22. The summed E-state index contributed by atoms with van der Waals surface area (Å²) in [6.07, 6.45) is 6.89. The highest BCUT2D eigenvalue weighted by molar-refractivity contribution is 4.76. The molecule has 16 heavy (non-hydrogen) atoms. The van der Waals surface area contributed by atoms with E-state index in [0.717, 1.165) is 5.92 Å². The van der Waals surface area contributed by atoms with Crippen LogP contribution in [0.3, 0.4) is 0 Å². The fourth-order valence-corrected chi connectivity index (χ4v) is 2.37. The average Bonchev–Trinajstić information content (AvgIpc) is 2.26. The lowest BCUT2D eigenvalue weighted by Crippen LogP contribution is -2.43. The predicted molar refractivity (Wildman–Crippen MR) is 71.8 cm³/mol. The number of likely N-dealkylation sites (N-methyl/N-ethyl adjacent to an activating group) is 1. The molecular formula is C14H30N2. The molecule has 0 aromatic carbocycles. The molecule has 1 N–H and O–H groups in total. The van der Waals surface area contributed by atoms with E-state index in [9.17, 15) is 0 Å². The van der Waals surface area contributed by atoms with Gasteiger partial charge in [0.25, 0.3) is 0 Å². The predicted octanol–water partition coefficient (Wildman–Crippen LogP) is 2.89. The van der Waals surface area contributed by atoms with Crippen LogP contribution in [0.2, 0.25) is 0 Å². The molecule has 0 bridgehead atoms. The fourth-order valence-electron chi connectivity index (χ4n) is 2.37. The highest BCUT2D eigenvalue weighted by Crippen LogP contribution is 2.27. The first-order valence-electron chi connectivity index (χ1n) is 7.25. The third-order valence-corrected chi connectivity index (χ3v) is 3.84. The van der Waals surface area contributed by atoms with Gasteiger partial charge < -0.3 is 10.2 Å². The van der Waals surface area contributed by atoms with Crippen molar-refractivity contribution in [1.82, 2.24) is 10.2 Å². The maximum absolute atomic E-state index is 3.65. The van der Waals surface area contributed by atoms with Gasteiger partial charge in [0.1, 0.15) is 0 Å². The molecule has 2 heteroatoms. The lowest BCUT2D eigenvalue weighted by atomic mass is 9.85. The second-order valence-corrected chi connectivity index (χ2v) is 5.21. The van der Waals surface area contributed by atoms with E-state index in [-0.39, 0.29) is 0 Å². The van der Waals surface area contributed by atoms with Gasteiger partial charge in [-0.05, 0) is 44.7 Å². The molecule has 0 aromatic heterocycles. The van der Waals surface area contributed by atoms with E-state index in [4.69, 9.17) is 0 Å². The minimum Gasteiger partial charge on any atom is -0.313 e. The number of rotatable bonds is 9. The highest BCUT2D eigenvalue weighted by Gasteiger charge is 2.21. The van der Waals surface area contributed by atoms with Gasteiger partial charge in [-0.2, -0.15) is 0 Å². The van der Waals surface area contributed by atoms with Crippen molar-refractivity contribution in [3.05, 3.63) is 0 Å². The third kappa shape index (κ3) is 4.84. The summed E-state index contributed by atoms with van der Waals surface area (Å²) in [4.78, 5) is 2.64. The van der Waals surface area contributed by atoms with Crippen LogP contribution in [0, 0.1) is 5.92 Å². The summed E-state index contributed by atoms with van der Waals surface area (Å²) >= 11 is 0. The van der Waals surface area contributed by atoms with Crippen molar-refractivity contribution < 1.29 is 0 Å². The van der Waals surface area contributed by atoms with Crippen LogP contribution in [0.4, 0.5) is 0 Å². The Morgan fingerprint density at radius 1 is 1.25 bits per heavy atom. The topological polar surface area (TPSA) is 15.3 Å². The second-order valence-electron chi connectivity index (χ2n) is 5.21. The summed E-state index contributed by atoms with van der Waals surface area (Å²) < 4.78 is 0. The zero-order valence-corrected chi connectivity index (χ0v) is 11.5. The van der Waals surface area contributed by atoms with E-state index in [1.807, 2.05) is 0 Å². The van der Waals surface area contributed by atoms with Crippen molar-refractivity contribution in [2.24, 2.45) is 5.92 Å². The molecule has 0 heterocycles. The number of hydrogen-bond donors (Lipinski definition) is 1. The Morgan fingerprint density at radius 2 is 2.00 bits per heavy atom. The van der Waals surface area contributed by atoms with Crippen molar-refractivity contribution in [1.29, 1.82) is 0 Å². The zero-order chi connectivity index (χ0) is 11.8. The van der Waals surface area contributed by atoms with Crippen molar-refractivity contribution in [2.45, 2.75) is 58.9 Å². The third-order valence-electron chi connectivity index (χ3n) is 3.84. The lowest BCUT2D eigenvalue weighted by molar-refractivity contribution is 0.169. The summed E-state index contributed by atoms with van der Waals surface area (Å²) in [5.41, 5.74) is 0. The van der Waals surface area contributed by atoms with Crippen LogP contribution in [-0.2, 0) is 0 Å². The van der Waals surface area contributed by atoms with Crippen LogP contribution in [0.5, 0.6) is 0 Å². The van der Waals surface area contributed by atoms with Crippen molar-refractivity contribution >= 4 is 0 Å². The van der Waals surface area contributed by atoms with Gasteiger partial charge in [-0.1, -0.05) is 27.2 Å². The van der Waals surface area contributed by atoms with E-state index in [2.05, 4.69) is 31.0 Å². The first-order chi connectivity index (χ1) is 7.80. The molecule has 1 saturated carbocycles. The molecule has 1 unspecified atom stereocenters. The quantitative estimate of drug-likeness (QED) is 0.650. The molecule has 96 valence electrons. The Bertz CT molecular complexity index is 166. The first kappa shape index (κ1) is 14.0. The Hall–Kier alpha value is -0.0800. The molecule has 1 atom stereocenters.